The molecule has 4 rings (SSSR count). The fourth-order valence-corrected chi connectivity index (χ4v) is 8.70. The molecule has 152 valence electrons. The highest BCUT2D eigenvalue weighted by Gasteiger charge is 2.72. The molecular formula is C20H26N2O5S. The van der Waals surface area contributed by atoms with Gasteiger partial charge in [0.15, 0.2) is 0 Å². The number of hydrogen-bond acceptors (Lipinski definition) is 5. The van der Waals surface area contributed by atoms with Gasteiger partial charge in [0.05, 0.1) is 16.7 Å². The van der Waals surface area contributed by atoms with Crippen molar-refractivity contribution >= 4 is 21.6 Å². The summed E-state index contributed by atoms with van der Waals surface area (Å²) in [5.74, 6) is -0.594. The molecule has 1 aromatic rings. The van der Waals surface area contributed by atoms with Crippen molar-refractivity contribution in [1.29, 1.82) is 0 Å². The topological polar surface area (TPSA) is 97.6 Å². The minimum absolute atomic E-state index is 0.0380. The molecule has 2 saturated carbocycles. The first-order valence-corrected chi connectivity index (χ1v) is 11.4. The lowest BCUT2D eigenvalue weighted by Crippen LogP contribution is -2.46. The molecule has 0 radical (unpaired) electrons. The third-order valence-electron chi connectivity index (χ3n) is 7.76. The molecule has 8 heteroatoms. The highest BCUT2D eigenvalue weighted by atomic mass is 32.2. The highest BCUT2D eigenvalue weighted by Crippen LogP contribution is 2.70. The normalized spacial score (nSPS) is 32.9. The van der Waals surface area contributed by atoms with Crippen molar-refractivity contribution in [3.05, 3.63) is 39.9 Å². The van der Waals surface area contributed by atoms with Crippen LogP contribution in [0.25, 0.3) is 0 Å². The number of benzene rings is 1. The van der Waals surface area contributed by atoms with Crippen molar-refractivity contribution in [3.63, 3.8) is 0 Å². The molecule has 4 atom stereocenters. The maximum Gasteiger partial charge on any atom is 0.272 e. The minimum atomic E-state index is -3.67. The summed E-state index contributed by atoms with van der Waals surface area (Å²) in [5, 5.41) is 11.3. The molecule has 7 nitrogen and oxygen atoms in total. The van der Waals surface area contributed by atoms with Crippen LogP contribution in [0.3, 0.4) is 0 Å². The minimum Gasteiger partial charge on any atom is -0.273 e. The fourth-order valence-electron chi connectivity index (χ4n) is 6.07. The summed E-state index contributed by atoms with van der Waals surface area (Å²) in [6, 6.07) is 6.04. The van der Waals surface area contributed by atoms with Gasteiger partial charge in [0, 0.05) is 23.0 Å². The van der Waals surface area contributed by atoms with Crippen LogP contribution in [0.5, 0.6) is 0 Å². The number of sulfonamides is 1. The van der Waals surface area contributed by atoms with Crippen LogP contribution < -0.4 is 0 Å². The third kappa shape index (κ3) is 2.46. The Hall–Kier alpha value is -1.96. The first-order valence-electron chi connectivity index (χ1n) is 9.79. The van der Waals surface area contributed by atoms with Gasteiger partial charge in [0.1, 0.15) is 0 Å². The standard InChI is InChI=1S/C20H26N2O5S/c1-13(10-14-6-4-5-7-16(14)22(24)25)18(23)21-17-11-15-8-9-20(17,19(15,2)3)12-28(21,26)27/h4-7,13,15,17H,8-12H2,1-3H3/t13-,15+,17?,20+/m1/s1. The zero-order valence-corrected chi connectivity index (χ0v) is 17.2. The van der Waals surface area contributed by atoms with E-state index in [-0.39, 0.29) is 34.7 Å². The lowest BCUT2D eigenvalue weighted by molar-refractivity contribution is -0.385. The summed E-state index contributed by atoms with van der Waals surface area (Å²) in [4.78, 5) is 24.0. The van der Waals surface area contributed by atoms with Crippen molar-refractivity contribution < 1.29 is 18.1 Å². The second-order valence-electron chi connectivity index (χ2n) is 9.25. The zero-order valence-electron chi connectivity index (χ0n) is 16.4. The Morgan fingerprint density at radius 1 is 1.36 bits per heavy atom. The summed E-state index contributed by atoms with van der Waals surface area (Å²) in [5.41, 5.74) is -0.0388. The van der Waals surface area contributed by atoms with Crippen LogP contribution in [0, 0.1) is 32.8 Å². The Labute approximate surface area is 165 Å². The van der Waals surface area contributed by atoms with E-state index in [4.69, 9.17) is 0 Å². The second-order valence-corrected chi connectivity index (χ2v) is 11.1. The van der Waals surface area contributed by atoms with Crippen molar-refractivity contribution in [1.82, 2.24) is 4.31 Å². The molecule has 1 unspecified atom stereocenters. The van der Waals surface area contributed by atoms with Gasteiger partial charge >= 0.3 is 0 Å². The lowest BCUT2D eigenvalue weighted by Gasteiger charge is -2.37. The van der Waals surface area contributed by atoms with Gasteiger partial charge < -0.3 is 0 Å². The van der Waals surface area contributed by atoms with Crippen LogP contribution in [0.1, 0.15) is 45.6 Å². The number of nitro benzene ring substituents is 1. The van der Waals surface area contributed by atoms with E-state index in [9.17, 15) is 23.3 Å². The molecule has 1 saturated heterocycles. The molecule has 2 aliphatic carbocycles. The van der Waals surface area contributed by atoms with E-state index in [0.29, 0.717) is 11.5 Å². The molecule has 3 fully saturated rings. The quantitative estimate of drug-likeness (QED) is 0.565. The number of fused-ring (bicyclic) bond motifs is 1. The van der Waals surface area contributed by atoms with Crippen molar-refractivity contribution in [2.24, 2.45) is 22.7 Å². The number of nitrogens with zero attached hydrogens (tertiary/aromatic N) is 2. The molecule has 2 bridgehead atoms. The summed E-state index contributed by atoms with van der Waals surface area (Å²) in [6.07, 6.45) is 2.74. The average Bonchev–Trinajstić information content (AvgIpc) is 3.09. The van der Waals surface area contributed by atoms with E-state index < -0.39 is 26.8 Å². The Balaban J connectivity index is 1.63. The lowest BCUT2D eigenvalue weighted by atomic mass is 9.69. The van der Waals surface area contributed by atoms with Gasteiger partial charge in [-0.05, 0) is 37.0 Å². The number of carbonyl (C=O) groups excluding carboxylic acids is 1. The summed E-state index contributed by atoms with van der Waals surface area (Å²) < 4.78 is 27.2. The van der Waals surface area contributed by atoms with Gasteiger partial charge in [-0.2, -0.15) is 0 Å². The molecule has 1 aromatic carbocycles. The Bertz CT molecular complexity index is 957. The monoisotopic (exact) mass is 406 g/mol. The first kappa shape index (κ1) is 19.4. The molecule has 1 amide bonds. The molecule has 1 heterocycles. The van der Waals surface area contributed by atoms with E-state index in [1.54, 1.807) is 25.1 Å². The van der Waals surface area contributed by atoms with E-state index in [1.165, 1.54) is 6.07 Å². The van der Waals surface area contributed by atoms with Gasteiger partial charge in [-0.25, -0.2) is 12.7 Å². The SMILES string of the molecule is C[C@H](Cc1ccccc1[N+](=O)[O-])C(=O)N1C2C[C@@H]3CC[C@@]2(CS1(=O)=O)C3(C)C. The molecule has 0 aromatic heterocycles. The average molecular weight is 407 g/mol. The predicted molar refractivity (Wildman–Crippen MR) is 104 cm³/mol. The summed E-state index contributed by atoms with van der Waals surface area (Å²) in [6.45, 7) is 5.95. The third-order valence-corrected chi connectivity index (χ3v) is 9.68. The van der Waals surface area contributed by atoms with Crippen LogP contribution in [-0.4, -0.2) is 35.3 Å². The number of carbonyl (C=O) groups is 1. The molecule has 1 spiro atoms. The number of para-hydroxylation sites is 1. The summed E-state index contributed by atoms with van der Waals surface area (Å²) in [7, 11) is -3.67. The van der Waals surface area contributed by atoms with Gasteiger partial charge in [0.25, 0.3) is 5.69 Å². The van der Waals surface area contributed by atoms with Crippen LogP contribution >= 0.6 is 0 Å². The van der Waals surface area contributed by atoms with E-state index in [1.807, 2.05) is 0 Å². The first-order chi connectivity index (χ1) is 13.0. The molecule has 3 aliphatic rings. The van der Waals surface area contributed by atoms with Gasteiger partial charge in [-0.1, -0.05) is 39.0 Å². The summed E-state index contributed by atoms with van der Waals surface area (Å²) >= 11 is 0. The second kappa shape index (κ2) is 6.02. The van der Waals surface area contributed by atoms with Gasteiger partial charge in [0.2, 0.25) is 15.9 Å². The van der Waals surface area contributed by atoms with Crippen LogP contribution in [-0.2, 0) is 21.2 Å². The van der Waals surface area contributed by atoms with Crippen molar-refractivity contribution in [3.8, 4) is 0 Å². The van der Waals surface area contributed by atoms with Gasteiger partial charge in [-0.15, -0.1) is 0 Å². The zero-order chi connectivity index (χ0) is 20.5. The Morgan fingerprint density at radius 3 is 2.68 bits per heavy atom. The predicted octanol–water partition coefficient (Wildman–Crippen LogP) is 3.14. The molecule has 28 heavy (non-hydrogen) atoms. The maximum atomic E-state index is 13.2. The fraction of sp³-hybridized carbons (Fsp3) is 0.650. The number of amides is 1. The highest BCUT2D eigenvalue weighted by molar-refractivity contribution is 7.90. The Kier molecular flexibility index (Phi) is 4.16. The van der Waals surface area contributed by atoms with E-state index in [0.717, 1.165) is 23.6 Å². The molecule has 1 aliphatic heterocycles. The maximum absolute atomic E-state index is 13.2. The largest absolute Gasteiger partial charge is 0.273 e. The number of nitro groups is 1. The smallest absolute Gasteiger partial charge is 0.272 e. The van der Waals surface area contributed by atoms with Crippen LogP contribution in [0.4, 0.5) is 5.69 Å². The number of rotatable bonds is 4. The van der Waals surface area contributed by atoms with E-state index in [2.05, 4.69) is 13.8 Å². The molecular weight excluding hydrogens is 380 g/mol. The van der Waals surface area contributed by atoms with Crippen molar-refractivity contribution in [2.75, 3.05) is 5.75 Å². The van der Waals surface area contributed by atoms with Crippen LogP contribution in [0.2, 0.25) is 0 Å². The van der Waals surface area contributed by atoms with E-state index >= 15 is 0 Å². The Morgan fingerprint density at radius 2 is 2.04 bits per heavy atom. The number of hydrogen-bond donors (Lipinski definition) is 0. The van der Waals surface area contributed by atoms with Crippen molar-refractivity contribution in [2.45, 2.75) is 52.5 Å². The van der Waals surface area contributed by atoms with Gasteiger partial charge in [-0.3, -0.25) is 14.9 Å². The van der Waals surface area contributed by atoms with Crippen LogP contribution in [0.15, 0.2) is 24.3 Å². The molecule has 0 N–H and O–H groups in total.